The first-order valence-corrected chi connectivity index (χ1v) is 6.28. The monoisotopic (exact) mass is 250 g/mol. The topological polar surface area (TPSA) is 62.5 Å². The Hall–Kier alpha value is -1.78. The van der Waals surface area contributed by atoms with Gasteiger partial charge in [0.15, 0.2) is 0 Å². The molecule has 0 bridgehead atoms. The Morgan fingerprint density at radius 2 is 2.28 bits per heavy atom. The number of carbonyl (C=O) groups is 2. The van der Waals surface area contributed by atoms with Crippen molar-refractivity contribution in [3.8, 4) is 0 Å². The molecule has 1 saturated heterocycles. The van der Waals surface area contributed by atoms with Gasteiger partial charge in [-0.05, 0) is 24.5 Å². The van der Waals surface area contributed by atoms with Crippen LogP contribution in [0.4, 0.5) is 0 Å². The first kappa shape index (κ1) is 12.7. The fourth-order valence-corrected chi connectivity index (χ4v) is 2.38. The minimum atomic E-state index is -0.999. The second kappa shape index (κ2) is 5.25. The number of hydrogen-bond donors (Lipinski definition) is 1. The first-order valence-electron chi connectivity index (χ1n) is 6.28. The summed E-state index contributed by atoms with van der Waals surface area (Å²) < 4.78 is 1.49. The molecule has 2 heterocycles. The van der Waals surface area contributed by atoms with Gasteiger partial charge in [0, 0.05) is 19.3 Å². The molecule has 1 fully saturated rings. The summed E-state index contributed by atoms with van der Waals surface area (Å²) in [5.41, 5.74) is 0.162. The molecule has 5 nitrogen and oxygen atoms in total. The van der Waals surface area contributed by atoms with Crippen molar-refractivity contribution < 1.29 is 14.7 Å². The summed E-state index contributed by atoms with van der Waals surface area (Å²) in [6.07, 6.45) is 3.78. The highest BCUT2D eigenvalue weighted by Crippen LogP contribution is 2.19. The zero-order valence-electron chi connectivity index (χ0n) is 10.5. The summed E-state index contributed by atoms with van der Waals surface area (Å²) >= 11 is 0. The van der Waals surface area contributed by atoms with Gasteiger partial charge in [-0.2, -0.15) is 0 Å². The van der Waals surface area contributed by atoms with E-state index in [1.54, 1.807) is 12.3 Å². The van der Waals surface area contributed by atoms with Crippen molar-refractivity contribution in [2.24, 2.45) is 5.92 Å². The first-order chi connectivity index (χ1) is 8.61. The van der Waals surface area contributed by atoms with Gasteiger partial charge in [-0.25, -0.2) is 4.79 Å². The SMILES string of the molecule is CCC1CCN(C(=O)Cn2cccc2C(=O)O)C1. The van der Waals surface area contributed by atoms with Crippen LogP contribution < -0.4 is 0 Å². The van der Waals surface area contributed by atoms with Gasteiger partial charge < -0.3 is 14.6 Å². The lowest BCUT2D eigenvalue weighted by Crippen LogP contribution is -2.32. The maximum absolute atomic E-state index is 12.1. The van der Waals surface area contributed by atoms with Crippen LogP contribution in [0.5, 0.6) is 0 Å². The second-order valence-electron chi connectivity index (χ2n) is 4.73. The number of nitrogens with zero attached hydrogens (tertiary/aromatic N) is 2. The highest BCUT2D eigenvalue weighted by molar-refractivity contribution is 5.87. The van der Waals surface area contributed by atoms with Crippen LogP contribution >= 0.6 is 0 Å². The van der Waals surface area contributed by atoms with E-state index in [2.05, 4.69) is 6.92 Å². The summed E-state index contributed by atoms with van der Waals surface area (Å²) in [5.74, 6) is -0.400. The average Bonchev–Trinajstić information content (AvgIpc) is 2.96. The van der Waals surface area contributed by atoms with Crippen LogP contribution in [0, 0.1) is 5.92 Å². The molecule has 1 atom stereocenters. The van der Waals surface area contributed by atoms with E-state index in [4.69, 9.17) is 5.11 Å². The molecule has 1 aromatic heterocycles. The van der Waals surface area contributed by atoms with Crippen molar-refractivity contribution in [1.29, 1.82) is 0 Å². The van der Waals surface area contributed by atoms with E-state index in [-0.39, 0.29) is 18.1 Å². The van der Waals surface area contributed by atoms with Crippen molar-refractivity contribution in [1.82, 2.24) is 9.47 Å². The van der Waals surface area contributed by atoms with E-state index in [0.717, 1.165) is 25.9 Å². The number of rotatable bonds is 4. The Morgan fingerprint density at radius 1 is 1.50 bits per heavy atom. The Morgan fingerprint density at radius 3 is 2.89 bits per heavy atom. The molecule has 98 valence electrons. The quantitative estimate of drug-likeness (QED) is 0.879. The van der Waals surface area contributed by atoms with Crippen LogP contribution in [0.25, 0.3) is 0 Å². The Kier molecular flexibility index (Phi) is 3.69. The van der Waals surface area contributed by atoms with Crippen molar-refractivity contribution in [3.05, 3.63) is 24.0 Å². The lowest BCUT2D eigenvalue weighted by Gasteiger charge is -2.17. The molecule has 0 aromatic carbocycles. The molecule has 2 rings (SSSR count). The van der Waals surface area contributed by atoms with E-state index < -0.39 is 5.97 Å². The number of aromatic nitrogens is 1. The minimum Gasteiger partial charge on any atom is -0.477 e. The molecular weight excluding hydrogens is 232 g/mol. The minimum absolute atomic E-state index is 0.00431. The molecule has 1 N–H and O–H groups in total. The van der Waals surface area contributed by atoms with Crippen molar-refractivity contribution in [2.45, 2.75) is 26.3 Å². The van der Waals surface area contributed by atoms with E-state index in [1.165, 1.54) is 10.6 Å². The van der Waals surface area contributed by atoms with Crippen molar-refractivity contribution in [3.63, 3.8) is 0 Å². The van der Waals surface area contributed by atoms with Crippen LogP contribution in [0.2, 0.25) is 0 Å². The highest BCUT2D eigenvalue weighted by atomic mass is 16.4. The molecule has 0 spiro atoms. The summed E-state index contributed by atoms with van der Waals surface area (Å²) in [6, 6.07) is 3.16. The summed E-state index contributed by atoms with van der Waals surface area (Å²) in [6.45, 7) is 3.85. The molecule has 0 radical (unpaired) electrons. The molecular formula is C13H18N2O3. The molecule has 1 aliphatic rings. The molecule has 5 heteroatoms. The predicted octanol–water partition coefficient (Wildman–Crippen LogP) is 1.44. The van der Waals surface area contributed by atoms with Gasteiger partial charge in [0.2, 0.25) is 5.91 Å². The predicted molar refractivity (Wildman–Crippen MR) is 66.4 cm³/mol. The van der Waals surface area contributed by atoms with E-state index in [0.29, 0.717) is 5.92 Å². The van der Waals surface area contributed by atoms with Gasteiger partial charge in [0.05, 0.1) is 0 Å². The number of carbonyl (C=O) groups excluding carboxylic acids is 1. The molecule has 1 aliphatic heterocycles. The molecule has 18 heavy (non-hydrogen) atoms. The Balaban J connectivity index is 1.99. The summed E-state index contributed by atoms with van der Waals surface area (Å²) in [5, 5.41) is 8.97. The van der Waals surface area contributed by atoms with E-state index in [9.17, 15) is 9.59 Å². The lowest BCUT2D eigenvalue weighted by molar-refractivity contribution is -0.130. The number of carboxylic acid groups (broad SMARTS) is 1. The van der Waals surface area contributed by atoms with Crippen LogP contribution in [-0.4, -0.2) is 39.5 Å². The number of likely N-dealkylation sites (tertiary alicyclic amines) is 1. The van der Waals surface area contributed by atoms with Gasteiger partial charge in [0.1, 0.15) is 12.2 Å². The zero-order chi connectivity index (χ0) is 13.1. The number of amides is 1. The van der Waals surface area contributed by atoms with Crippen LogP contribution in [0.1, 0.15) is 30.3 Å². The summed E-state index contributed by atoms with van der Waals surface area (Å²) in [4.78, 5) is 24.8. The molecule has 0 aliphatic carbocycles. The number of carboxylic acids is 1. The third kappa shape index (κ3) is 2.55. The van der Waals surface area contributed by atoms with Crippen molar-refractivity contribution in [2.75, 3.05) is 13.1 Å². The second-order valence-corrected chi connectivity index (χ2v) is 4.73. The van der Waals surface area contributed by atoms with E-state index in [1.807, 2.05) is 4.90 Å². The third-order valence-electron chi connectivity index (χ3n) is 3.57. The Labute approximate surface area is 106 Å². The standard InChI is InChI=1S/C13H18N2O3/c1-2-10-5-7-15(8-10)12(16)9-14-6-3-4-11(14)13(17)18/h3-4,6,10H,2,5,7-9H2,1H3,(H,17,18). The molecule has 1 unspecified atom stereocenters. The van der Waals surface area contributed by atoms with Crippen LogP contribution in [0.15, 0.2) is 18.3 Å². The van der Waals surface area contributed by atoms with Crippen molar-refractivity contribution >= 4 is 11.9 Å². The zero-order valence-corrected chi connectivity index (χ0v) is 10.5. The normalized spacial score (nSPS) is 19.2. The average molecular weight is 250 g/mol. The maximum atomic E-state index is 12.1. The lowest BCUT2D eigenvalue weighted by atomic mass is 10.1. The van der Waals surface area contributed by atoms with Gasteiger partial charge in [-0.15, -0.1) is 0 Å². The number of hydrogen-bond acceptors (Lipinski definition) is 2. The summed E-state index contributed by atoms with van der Waals surface area (Å²) in [7, 11) is 0. The fraction of sp³-hybridized carbons (Fsp3) is 0.538. The maximum Gasteiger partial charge on any atom is 0.352 e. The van der Waals surface area contributed by atoms with Crippen LogP contribution in [-0.2, 0) is 11.3 Å². The van der Waals surface area contributed by atoms with Gasteiger partial charge >= 0.3 is 5.97 Å². The number of aromatic carboxylic acids is 1. The Bertz CT molecular complexity index is 453. The van der Waals surface area contributed by atoms with Gasteiger partial charge in [-0.1, -0.05) is 13.3 Å². The van der Waals surface area contributed by atoms with Gasteiger partial charge in [-0.3, -0.25) is 4.79 Å². The fourth-order valence-electron chi connectivity index (χ4n) is 2.38. The smallest absolute Gasteiger partial charge is 0.352 e. The molecule has 1 amide bonds. The largest absolute Gasteiger partial charge is 0.477 e. The third-order valence-corrected chi connectivity index (χ3v) is 3.57. The highest BCUT2D eigenvalue weighted by Gasteiger charge is 2.25. The molecule has 1 aromatic rings. The van der Waals surface area contributed by atoms with Gasteiger partial charge in [0.25, 0.3) is 0 Å². The van der Waals surface area contributed by atoms with E-state index >= 15 is 0 Å². The molecule has 0 saturated carbocycles. The van der Waals surface area contributed by atoms with Crippen LogP contribution in [0.3, 0.4) is 0 Å².